The molecule has 0 spiro atoms. The number of carboxylic acid groups (broad SMARTS) is 1. The topological polar surface area (TPSA) is 107 Å². The quantitative estimate of drug-likeness (QED) is 0.697. The molecular weight excluding hydrogens is 360 g/mol. The number of nitrogens with two attached hydrogens (primary N) is 1. The molecule has 0 aromatic heterocycles. The van der Waals surface area contributed by atoms with Gasteiger partial charge in [0.1, 0.15) is 0 Å². The van der Waals surface area contributed by atoms with E-state index in [1.165, 1.54) is 10.5 Å². The summed E-state index contributed by atoms with van der Waals surface area (Å²) in [6.07, 6.45) is -0.936. The lowest BCUT2D eigenvalue weighted by molar-refractivity contribution is -0.135. The fraction of sp³-hybridized carbons (Fsp3) is 0.550. The maximum Gasteiger partial charge on any atom is 0.407 e. The number of rotatable bonds is 8. The van der Waals surface area contributed by atoms with Crippen molar-refractivity contribution in [3.8, 4) is 0 Å². The molecule has 2 rings (SSSR count). The van der Waals surface area contributed by atoms with Gasteiger partial charge in [0.05, 0.1) is 6.04 Å². The summed E-state index contributed by atoms with van der Waals surface area (Å²) in [7, 11) is 0. The molecule has 1 aromatic carbocycles. The number of benzene rings is 1. The fourth-order valence-electron chi connectivity index (χ4n) is 3.51. The van der Waals surface area contributed by atoms with Gasteiger partial charge < -0.3 is 20.6 Å². The average Bonchev–Trinajstić information content (AvgIpc) is 2.64. The van der Waals surface area contributed by atoms with Crippen LogP contribution in [0.5, 0.6) is 0 Å². The second kappa shape index (κ2) is 10.1. The molecule has 0 aliphatic carbocycles. The molecule has 0 unspecified atom stereocenters. The number of carbonyl (C=O) groups excluding carboxylic acids is 2. The Morgan fingerprint density at radius 2 is 1.86 bits per heavy atom. The molecule has 1 aliphatic heterocycles. The van der Waals surface area contributed by atoms with E-state index in [1.54, 1.807) is 4.90 Å². The van der Waals surface area contributed by atoms with Crippen molar-refractivity contribution in [2.24, 2.45) is 5.73 Å². The first-order valence-electron chi connectivity index (χ1n) is 9.61. The van der Waals surface area contributed by atoms with E-state index in [4.69, 9.17) is 5.73 Å². The van der Waals surface area contributed by atoms with Crippen molar-refractivity contribution in [3.63, 3.8) is 0 Å². The summed E-state index contributed by atoms with van der Waals surface area (Å²) in [4.78, 5) is 40.5. The van der Waals surface area contributed by atoms with Crippen LogP contribution < -0.4 is 5.73 Å². The highest BCUT2D eigenvalue weighted by molar-refractivity contribution is 5.83. The minimum absolute atomic E-state index is 0.00447. The van der Waals surface area contributed by atoms with Crippen LogP contribution in [0, 0.1) is 0 Å². The number of hydrogen-bond donors (Lipinski definition) is 2. The summed E-state index contributed by atoms with van der Waals surface area (Å²) in [5.41, 5.74) is 6.32. The number of piperazine rings is 1. The predicted octanol–water partition coefficient (Wildman–Crippen LogP) is 1.35. The predicted molar refractivity (Wildman–Crippen MR) is 106 cm³/mol. The lowest BCUT2D eigenvalue weighted by Gasteiger charge is -2.42. The van der Waals surface area contributed by atoms with E-state index in [0.29, 0.717) is 26.2 Å². The highest BCUT2D eigenvalue weighted by atomic mass is 16.4. The fourth-order valence-corrected chi connectivity index (χ4v) is 3.51. The van der Waals surface area contributed by atoms with Gasteiger partial charge in [-0.2, -0.15) is 0 Å². The van der Waals surface area contributed by atoms with E-state index in [2.05, 4.69) is 4.90 Å². The smallest absolute Gasteiger partial charge is 0.407 e. The minimum atomic E-state index is -0.974. The SMILES string of the molecule is CC(C)N(C[C@@H]1CN(Cc2ccccc2)CCN1C(=O)O)C(=O)CCC(N)=O. The van der Waals surface area contributed by atoms with Crippen molar-refractivity contribution in [2.75, 3.05) is 26.2 Å². The van der Waals surface area contributed by atoms with Crippen molar-refractivity contribution >= 4 is 17.9 Å². The first-order chi connectivity index (χ1) is 13.3. The molecule has 1 fully saturated rings. The molecule has 28 heavy (non-hydrogen) atoms. The summed E-state index contributed by atoms with van der Waals surface area (Å²) in [5.74, 6) is -0.699. The van der Waals surface area contributed by atoms with Crippen LogP contribution in [-0.4, -0.2) is 76.0 Å². The molecule has 0 bridgehead atoms. The second-order valence-electron chi connectivity index (χ2n) is 7.46. The van der Waals surface area contributed by atoms with Gasteiger partial charge in [-0.25, -0.2) is 4.79 Å². The first kappa shape index (κ1) is 21.7. The Bertz CT molecular complexity index is 680. The number of carbonyl (C=O) groups is 3. The van der Waals surface area contributed by atoms with Crippen LogP contribution in [0.2, 0.25) is 0 Å². The zero-order chi connectivity index (χ0) is 20.7. The van der Waals surface area contributed by atoms with Crippen LogP contribution in [0.1, 0.15) is 32.3 Å². The Morgan fingerprint density at radius 3 is 2.43 bits per heavy atom. The van der Waals surface area contributed by atoms with Gasteiger partial charge in [0, 0.05) is 51.6 Å². The molecule has 1 saturated heterocycles. The third-order valence-corrected chi connectivity index (χ3v) is 5.00. The van der Waals surface area contributed by atoms with Gasteiger partial charge in [-0.05, 0) is 19.4 Å². The van der Waals surface area contributed by atoms with Crippen LogP contribution in [0.15, 0.2) is 30.3 Å². The monoisotopic (exact) mass is 390 g/mol. The molecule has 8 heteroatoms. The lowest BCUT2D eigenvalue weighted by atomic mass is 10.1. The Labute approximate surface area is 165 Å². The largest absolute Gasteiger partial charge is 0.465 e. The van der Waals surface area contributed by atoms with E-state index in [9.17, 15) is 19.5 Å². The molecule has 1 aromatic rings. The molecule has 3 N–H and O–H groups in total. The molecule has 0 saturated carbocycles. The van der Waals surface area contributed by atoms with E-state index in [0.717, 1.165) is 6.54 Å². The zero-order valence-electron chi connectivity index (χ0n) is 16.6. The zero-order valence-corrected chi connectivity index (χ0v) is 16.6. The Balaban J connectivity index is 2.08. The van der Waals surface area contributed by atoms with Crippen LogP contribution in [0.4, 0.5) is 4.79 Å². The van der Waals surface area contributed by atoms with Crippen molar-refractivity contribution in [1.29, 1.82) is 0 Å². The Morgan fingerprint density at radius 1 is 1.18 bits per heavy atom. The third-order valence-electron chi connectivity index (χ3n) is 5.00. The van der Waals surface area contributed by atoms with Crippen LogP contribution in [0.25, 0.3) is 0 Å². The third kappa shape index (κ3) is 6.23. The number of hydrogen-bond acceptors (Lipinski definition) is 4. The molecule has 8 nitrogen and oxygen atoms in total. The summed E-state index contributed by atoms with van der Waals surface area (Å²) in [6, 6.07) is 9.61. The molecule has 154 valence electrons. The van der Waals surface area contributed by atoms with E-state index in [-0.39, 0.29) is 30.8 Å². The number of primary amides is 1. The van der Waals surface area contributed by atoms with Crippen molar-refractivity contribution in [2.45, 2.75) is 45.3 Å². The molecular formula is C20H30N4O4. The van der Waals surface area contributed by atoms with Gasteiger partial charge in [0.25, 0.3) is 0 Å². The average molecular weight is 390 g/mol. The maximum absolute atomic E-state index is 12.6. The van der Waals surface area contributed by atoms with Gasteiger partial charge in [-0.1, -0.05) is 30.3 Å². The summed E-state index contributed by atoms with van der Waals surface area (Å²) in [5, 5.41) is 9.59. The minimum Gasteiger partial charge on any atom is -0.465 e. The van der Waals surface area contributed by atoms with E-state index < -0.39 is 12.0 Å². The highest BCUT2D eigenvalue weighted by Crippen LogP contribution is 2.17. The van der Waals surface area contributed by atoms with Crippen molar-refractivity contribution < 1.29 is 19.5 Å². The summed E-state index contributed by atoms with van der Waals surface area (Å²) in [6.45, 7) is 6.40. The van der Waals surface area contributed by atoms with Gasteiger partial charge in [-0.3, -0.25) is 14.5 Å². The van der Waals surface area contributed by atoms with Crippen molar-refractivity contribution in [1.82, 2.24) is 14.7 Å². The highest BCUT2D eigenvalue weighted by Gasteiger charge is 2.33. The number of nitrogens with zero attached hydrogens (tertiary/aromatic N) is 3. The van der Waals surface area contributed by atoms with Crippen LogP contribution >= 0.6 is 0 Å². The van der Waals surface area contributed by atoms with Crippen LogP contribution in [-0.2, 0) is 16.1 Å². The number of amides is 3. The van der Waals surface area contributed by atoms with Crippen molar-refractivity contribution in [3.05, 3.63) is 35.9 Å². The standard InChI is InChI=1S/C20H30N4O4/c1-15(2)24(19(26)9-8-18(21)25)14-17-13-22(10-11-23(17)20(27)28)12-16-6-4-3-5-7-16/h3-7,15,17H,8-14H2,1-2H3,(H2,21,25)(H,27,28)/t17-/m0/s1. The normalized spacial score (nSPS) is 17.5. The summed E-state index contributed by atoms with van der Waals surface area (Å²) >= 11 is 0. The molecule has 0 radical (unpaired) electrons. The maximum atomic E-state index is 12.6. The van der Waals surface area contributed by atoms with Gasteiger partial charge in [0.2, 0.25) is 11.8 Å². The molecule has 1 aliphatic rings. The van der Waals surface area contributed by atoms with Gasteiger partial charge in [-0.15, -0.1) is 0 Å². The van der Waals surface area contributed by atoms with Gasteiger partial charge in [0.15, 0.2) is 0 Å². The summed E-state index contributed by atoms with van der Waals surface area (Å²) < 4.78 is 0. The van der Waals surface area contributed by atoms with Crippen LogP contribution in [0.3, 0.4) is 0 Å². The van der Waals surface area contributed by atoms with E-state index >= 15 is 0 Å². The molecule has 1 heterocycles. The first-order valence-corrected chi connectivity index (χ1v) is 9.61. The van der Waals surface area contributed by atoms with E-state index in [1.807, 2.05) is 44.2 Å². The molecule has 1 atom stereocenters. The molecule has 3 amide bonds. The lowest BCUT2D eigenvalue weighted by Crippen LogP contribution is -2.59. The Hall–Kier alpha value is -2.61. The second-order valence-corrected chi connectivity index (χ2v) is 7.46. The Kier molecular flexibility index (Phi) is 7.80. The van der Waals surface area contributed by atoms with Gasteiger partial charge >= 0.3 is 6.09 Å².